The van der Waals surface area contributed by atoms with E-state index in [9.17, 15) is 31.2 Å². The Bertz CT molecular complexity index is 1800. The van der Waals surface area contributed by atoms with E-state index < -0.39 is 38.6 Å². The van der Waals surface area contributed by atoms with Crippen LogP contribution in [0, 0.1) is 18.3 Å². The maximum atomic E-state index is 13.5. The summed E-state index contributed by atoms with van der Waals surface area (Å²) >= 11 is 0. The number of sulfone groups is 1. The molecule has 2 aromatic heterocycles. The van der Waals surface area contributed by atoms with E-state index in [0.717, 1.165) is 29.0 Å². The summed E-state index contributed by atoms with van der Waals surface area (Å²) in [6, 6.07) is 12.8. The number of alkyl halides is 3. The number of carbonyl (C=O) groups excluding carboxylic acids is 1. The number of pyridine rings is 1. The monoisotopic (exact) mass is 571 g/mol. The standard InChI is InChI=1S/C26H20F3N5O5S/c1-15-20(24-33-32-22(39-24)10-11-30)13-21(23(35)31-14-16-6-8-19(9-7-16)40(2,37)38)25(36)34(15)18-5-3-4-17(12-18)26(27,28)29/h3-9,12-13H,10,14H2,1-2H3,(H,31,35). The number of rotatable bonds is 7. The Morgan fingerprint density at radius 1 is 1.12 bits per heavy atom. The molecule has 10 nitrogen and oxygen atoms in total. The molecule has 0 unspecified atom stereocenters. The summed E-state index contributed by atoms with van der Waals surface area (Å²) in [5.74, 6) is -1.03. The molecule has 0 aliphatic carbocycles. The summed E-state index contributed by atoms with van der Waals surface area (Å²) in [6.07, 6.45) is -3.83. The molecule has 0 saturated carbocycles. The van der Waals surface area contributed by atoms with Crippen LogP contribution in [0.1, 0.15) is 33.1 Å². The van der Waals surface area contributed by atoms with Crippen molar-refractivity contribution in [2.24, 2.45) is 0 Å². The minimum Gasteiger partial charge on any atom is -0.420 e. The van der Waals surface area contributed by atoms with Gasteiger partial charge in [0.2, 0.25) is 11.8 Å². The Morgan fingerprint density at radius 3 is 2.45 bits per heavy atom. The van der Waals surface area contributed by atoms with Gasteiger partial charge in [-0.15, -0.1) is 10.2 Å². The first-order valence-corrected chi connectivity index (χ1v) is 13.4. The molecule has 0 aliphatic heterocycles. The highest BCUT2D eigenvalue weighted by atomic mass is 32.2. The number of amides is 1. The van der Waals surface area contributed by atoms with Crippen molar-refractivity contribution < 1.29 is 30.8 Å². The Kier molecular flexibility index (Phi) is 7.61. The second-order valence-electron chi connectivity index (χ2n) is 8.68. The van der Waals surface area contributed by atoms with Crippen molar-refractivity contribution in [1.82, 2.24) is 20.1 Å². The van der Waals surface area contributed by atoms with Gasteiger partial charge in [-0.3, -0.25) is 14.2 Å². The number of hydrogen-bond acceptors (Lipinski definition) is 8. The minimum absolute atomic E-state index is 0.0303. The largest absolute Gasteiger partial charge is 0.420 e. The molecule has 4 aromatic rings. The van der Waals surface area contributed by atoms with Crippen LogP contribution in [0.25, 0.3) is 17.1 Å². The molecule has 0 bridgehead atoms. The van der Waals surface area contributed by atoms with Crippen LogP contribution in [0.5, 0.6) is 0 Å². The Hall–Kier alpha value is -4.77. The van der Waals surface area contributed by atoms with Crippen LogP contribution < -0.4 is 10.9 Å². The predicted octanol–water partition coefficient (Wildman–Crippen LogP) is 3.61. The van der Waals surface area contributed by atoms with Gasteiger partial charge in [0.15, 0.2) is 9.84 Å². The topological polar surface area (TPSA) is 148 Å². The fraction of sp³-hybridized carbons (Fsp3) is 0.192. The van der Waals surface area contributed by atoms with Gasteiger partial charge in [-0.2, -0.15) is 18.4 Å². The first-order chi connectivity index (χ1) is 18.8. The molecular formula is C26H20F3N5O5S. The molecule has 1 amide bonds. The average molecular weight is 572 g/mol. The highest BCUT2D eigenvalue weighted by molar-refractivity contribution is 7.90. The molecular weight excluding hydrogens is 551 g/mol. The Morgan fingerprint density at radius 2 is 1.82 bits per heavy atom. The predicted molar refractivity (Wildman–Crippen MR) is 135 cm³/mol. The SMILES string of the molecule is Cc1c(-c2nnc(CC#N)o2)cc(C(=O)NCc2ccc(S(C)(=O)=O)cc2)c(=O)n1-c1cccc(C(F)(F)F)c1. The number of halogens is 3. The molecule has 206 valence electrons. The van der Waals surface area contributed by atoms with Crippen LogP contribution in [0.4, 0.5) is 13.2 Å². The highest BCUT2D eigenvalue weighted by Crippen LogP contribution is 2.31. The van der Waals surface area contributed by atoms with Gasteiger partial charge in [-0.05, 0) is 48.9 Å². The highest BCUT2D eigenvalue weighted by Gasteiger charge is 2.31. The van der Waals surface area contributed by atoms with E-state index in [1.165, 1.54) is 43.3 Å². The molecule has 2 heterocycles. The van der Waals surface area contributed by atoms with Crippen molar-refractivity contribution in [3.8, 4) is 23.2 Å². The van der Waals surface area contributed by atoms with Crippen LogP contribution in [0.2, 0.25) is 0 Å². The number of aromatic nitrogens is 3. The fourth-order valence-corrected chi connectivity index (χ4v) is 4.48. The van der Waals surface area contributed by atoms with E-state index >= 15 is 0 Å². The van der Waals surface area contributed by atoms with Gasteiger partial charge in [0.05, 0.1) is 22.1 Å². The number of nitriles is 1. The second-order valence-corrected chi connectivity index (χ2v) is 10.7. The van der Waals surface area contributed by atoms with E-state index in [1.54, 1.807) is 0 Å². The minimum atomic E-state index is -4.68. The number of carbonyl (C=O) groups is 1. The van der Waals surface area contributed by atoms with Gasteiger partial charge in [0.25, 0.3) is 11.5 Å². The van der Waals surface area contributed by atoms with Crippen molar-refractivity contribution in [3.05, 3.63) is 93.2 Å². The first-order valence-electron chi connectivity index (χ1n) is 11.5. The third-order valence-electron chi connectivity index (χ3n) is 5.86. The molecule has 0 fully saturated rings. The zero-order valence-corrected chi connectivity index (χ0v) is 21.8. The summed E-state index contributed by atoms with van der Waals surface area (Å²) < 4.78 is 70.0. The van der Waals surface area contributed by atoms with Crippen molar-refractivity contribution in [3.63, 3.8) is 0 Å². The van der Waals surface area contributed by atoms with Crippen LogP contribution in [-0.2, 0) is 29.0 Å². The lowest BCUT2D eigenvalue weighted by molar-refractivity contribution is -0.137. The molecule has 0 spiro atoms. The number of hydrogen-bond donors (Lipinski definition) is 1. The molecule has 1 N–H and O–H groups in total. The third-order valence-corrected chi connectivity index (χ3v) is 6.98. The van der Waals surface area contributed by atoms with E-state index in [0.29, 0.717) is 5.56 Å². The molecule has 2 aromatic carbocycles. The molecule has 40 heavy (non-hydrogen) atoms. The van der Waals surface area contributed by atoms with Crippen molar-refractivity contribution in [2.45, 2.75) is 31.0 Å². The van der Waals surface area contributed by atoms with E-state index in [1.807, 2.05) is 6.07 Å². The van der Waals surface area contributed by atoms with Crippen molar-refractivity contribution in [2.75, 3.05) is 6.26 Å². The van der Waals surface area contributed by atoms with Gasteiger partial charge < -0.3 is 9.73 Å². The molecule has 0 aliphatic rings. The lowest BCUT2D eigenvalue weighted by Crippen LogP contribution is -2.33. The lowest BCUT2D eigenvalue weighted by Gasteiger charge is -2.16. The third kappa shape index (κ3) is 5.94. The average Bonchev–Trinajstić information content (AvgIpc) is 3.35. The second kappa shape index (κ2) is 10.8. The molecule has 4 rings (SSSR count). The Balaban J connectivity index is 1.79. The van der Waals surface area contributed by atoms with E-state index in [-0.39, 0.29) is 46.6 Å². The zero-order valence-electron chi connectivity index (χ0n) is 21.0. The summed E-state index contributed by atoms with van der Waals surface area (Å²) in [4.78, 5) is 26.8. The summed E-state index contributed by atoms with van der Waals surface area (Å²) in [6.45, 7) is 1.36. The summed E-state index contributed by atoms with van der Waals surface area (Å²) in [5.41, 5.74) is -1.74. The number of nitrogens with zero attached hydrogens (tertiary/aromatic N) is 4. The maximum Gasteiger partial charge on any atom is 0.416 e. The van der Waals surface area contributed by atoms with Gasteiger partial charge in [-0.1, -0.05) is 18.2 Å². The molecule has 0 radical (unpaired) electrons. The van der Waals surface area contributed by atoms with Crippen molar-refractivity contribution >= 4 is 15.7 Å². The van der Waals surface area contributed by atoms with Gasteiger partial charge >= 0.3 is 6.18 Å². The lowest BCUT2D eigenvalue weighted by atomic mass is 10.1. The smallest absolute Gasteiger partial charge is 0.416 e. The fourth-order valence-electron chi connectivity index (χ4n) is 3.85. The van der Waals surface area contributed by atoms with Crippen LogP contribution in [0.3, 0.4) is 0 Å². The van der Waals surface area contributed by atoms with Crippen LogP contribution >= 0.6 is 0 Å². The molecule has 14 heteroatoms. The van der Waals surface area contributed by atoms with Gasteiger partial charge in [0, 0.05) is 24.2 Å². The zero-order chi connectivity index (χ0) is 29.2. The normalized spacial score (nSPS) is 11.7. The number of nitrogens with one attached hydrogen (secondary N) is 1. The van der Waals surface area contributed by atoms with E-state index in [2.05, 4.69) is 15.5 Å². The summed E-state index contributed by atoms with van der Waals surface area (Å²) in [7, 11) is -3.42. The molecule has 0 atom stereocenters. The van der Waals surface area contributed by atoms with E-state index in [4.69, 9.17) is 9.68 Å². The van der Waals surface area contributed by atoms with Gasteiger partial charge in [0.1, 0.15) is 12.0 Å². The Labute approximate surface area is 225 Å². The summed E-state index contributed by atoms with van der Waals surface area (Å²) in [5, 5.41) is 19.1. The molecule has 0 saturated heterocycles. The number of benzene rings is 2. The van der Waals surface area contributed by atoms with Gasteiger partial charge in [-0.25, -0.2) is 8.42 Å². The maximum absolute atomic E-state index is 13.5. The quantitative estimate of drug-likeness (QED) is 0.354. The van der Waals surface area contributed by atoms with Crippen LogP contribution in [0.15, 0.2) is 68.7 Å². The van der Waals surface area contributed by atoms with Crippen LogP contribution in [-0.4, -0.2) is 35.3 Å². The van der Waals surface area contributed by atoms with Crippen molar-refractivity contribution in [1.29, 1.82) is 5.26 Å². The first kappa shape index (κ1) is 28.2.